The van der Waals surface area contributed by atoms with E-state index >= 15 is 0 Å². The van der Waals surface area contributed by atoms with Gasteiger partial charge in [0.15, 0.2) is 0 Å². The van der Waals surface area contributed by atoms with Crippen LogP contribution in [0.15, 0.2) is 48.5 Å². The highest BCUT2D eigenvalue weighted by Gasteiger charge is 2.18. The maximum absolute atomic E-state index is 12.7. The standard InChI is InChI=1S/C22H28N2O3/c1-5-15(2)19-8-6-7-9-20(19)24-22(26)14-21(23-16(3)25)17-10-12-18(27-4)13-11-17/h6-13,15,21H,5,14H2,1-4H3,(H,23,25)(H,24,26)/t15-,21+/m0/s1. The Kier molecular flexibility index (Phi) is 7.41. The molecule has 5 heteroatoms. The molecule has 0 spiro atoms. The molecule has 2 amide bonds. The average molecular weight is 368 g/mol. The van der Waals surface area contributed by atoms with Gasteiger partial charge in [0.1, 0.15) is 5.75 Å². The number of carbonyl (C=O) groups excluding carboxylic acids is 2. The van der Waals surface area contributed by atoms with Gasteiger partial charge in [0.2, 0.25) is 11.8 Å². The van der Waals surface area contributed by atoms with Crippen LogP contribution in [-0.2, 0) is 9.59 Å². The van der Waals surface area contributed by atoms with Crippen LogP contribution in [-0.4, -0.2) is 18.9 Å². The van der Waals surface area contributed by atoms with Crippen LogP contribution in [0.2, 0.25) is 0 Å². The van der Waals surface area contributed by atoms with Gasteiger partial charge >= 0.3 is 0 Å². The molecule has 2 aromatic rings. The van der Waals surface area contributed by atoms with Gasteiger partial charge in [0.05, 0.1) is 19.6 Å². The summed E-state index contributed by atoms with van der Waals surface area (Å²) < 4.78 is 5.17. The third-order valence-corrected chi connectivity index (χ3v) is 4.66. The minimum Gasteiger partial charge on any atom is -0.497 e. The summed E-state index contributed by atoms with van der Waals surface area (Å²) in [5.41, 5.74) is 2.80. The van der Waals surface area contributed by atoms with Crippen LogP contribution in [0, 0.1) is 0 Å². The third-order valence-electron chi connectivity index (χ3n) is 4.66. The molecule has 0 unspecified atom stereocenters. The number of ether oxygens (including phenoxy) is 1. The number of benzene rings is 2. The van der Waals surface area contributed by atoms with Crippen LogP contribution in [0.25, 0.3) is 0 Å². The smallest absolute Gasteiger partial charge is 0.226 e. The van der Waals surface area contributed by atoms with E-state index in [1.165, 1.54) is 6.92 Å². The second-order valence-corrected chi connectivity index (χ2v) is 6.68. The fraction of sp³-hybridized carbons (Fsp3) is 0.364. The number of para-hydroxylation sites is 1. The van der Waals surface area contributed by atoms with Crippen molar-refractivity contribution in [2.45, 2.75) is 45.6 Å². The Morgan fingerprint density at radius 3 is 2.33 bits per heavy atom. The van der Waals surface area contributed by atoms with Crippen LogP contribution in [0.4, 0.5) is 5.69 Å². The summed E-state index contributed by atoms with van der Waals surface area (Å²) >= 11 is 0. The molecule has 0 aliphatic rings. The fourth-order valence-electron chi connectivity index (χ4n) is 2.98. The van der Waals surface area contributed by atoms with Crippen LogP contribution in [0.3, 0.4) is 0 Å². The van der Waals surface area contributed by atoms with E-state index in [4.69, 9.17) is 4.74 Å². The minimum absolute atomic E-state index is 0.139. The molecule has 5 nitrogen and oxygen atoms in total. The number of amides is 2. The first-order valence-corrected chi connectivity index (χ1v) is 9.24. The molecule has 2 aromatic carbocycles. The SMILES string of the molecule is CC[C@H](C)c1ccccc1NC(=O)C[C@@H](NC(C)=O)c1ccc(OC)cc1. The Morgan fingerprint density at radius 1 is 1.07 bits per heavy atom. The lowest BCUT2D eigenvalue weighted by molar-refractivity contribution is -0.120. The number of carbonyl (C=O) groups is 2. The number of hydrogen-bond acceptors (Lipinski definition) is 3. The second kappa shape index (κ2) is 9.76. The molecule has 0 aliphatic carbocycles. The predicted octanol–water partition coefficient (Wildman–Crippen LogP) is 4.41. The molecule has 0 saturated heterocycles. The molecule has 2 rings (SSSR count). The third kappa shape index (κ3) is 5.84. The van der Waals surface area contributed by atoms with Gasteiger partial charge < -0.3 is 15.4 Å². The number of nitrogens with one attached hydrogen (secondary N) is 2. The van der Waals surface area contributed by atoms with Gasteiger partial charge in [0, 0.05) is 12.6 Å². The quantitative estimate of drug-likeness (QED) is 0.725. The van der Waals surface area contributed by atoms with E-state index in [0.29, 0.717) is 5.92 Å². The maximum Gasteiger partial charge on any atom is 0.226 e. The van der Waals surface area contributed by atoms with Gasteiger partial charge in [-0.15, -0.1) is 0 Å². The van der Waals surface area contributed by atoms with Crippen LogP contribution < -0.4 is 15.4 Å². The highest BCUT2D eigenvalue weighted by molar-refractivity contribution is 5.92. The van der Waals surface area contributed by atoms with E-state index in [2.05, 4.69) is 24.5 Å². The molecule has 2 atom stereocenters. The first-order chi connectivity index (χ1) is 12.9. The monoisotopic (exact) mass is 368 g/mol. The number of anilines is 1. The molecule has 0 saturated carbocycles. The van der Waals surface area contributed by atoms with Gasteiger partial charge in [-0.2, -0.15) is 0 Å². The molecule has 27 heavy (non-hydrogen) atoms. The zero-order chi connectivity index (χ0) is 19.8. The van der Waals surface area contributed by atoms with E-state index in [-0.39, 0.29) is 18.2 Å². The summed E-state index contributed by atoms with van der Waals surface area (Å²) in [7, 11) is 1.60. The van der Waals surface area contributed by atoms with Crippen molar-refractivity contribution in [3.8, 4) is 5.75 Å². The lowest BCUT2D eigenvalue weighted by Gasteiger charge is -2.20. The first kappa shape index (κ1) is 20.5. The van der Waals surface area contributed by atoms with Crippen molar-refractivity contribution in [2.24, 2.45) is 0 Å². The van der Waals surface area contributed by atoms with E-state index in [1.54, 1.807) is 7.11 Å². The van der Waals surface area contributed by atoms with Crippen molar-refractivity contribution in [1.29, 1.82) is 0 Å². The van der Waals surface area contributed by atoms with E-state index in [0.717, 1.165) is 29.0 Å². The van der Waals surface area contributed by atoms with Crippen molar-refractivity contribution in [3.05, 3.63) is 59.7 Å². The van der Waals surface area contributed by atoms with Crippen molar-refractivity contribution in [3.63, 3.8) is 0 Å². The van der Waals surface area contributed by atoms with Gasteiger partial charge in [-0.3, -0.25) is 9.59 Å². The van der Waals surface area contributed by atoms with Crippen LogP contribution in [0.1, 0.15) is 56.7 Å². The molecule has 0 aliphatic heterocycles. The van der Waals surface area contributed by atoms with Crippen LogP contribution in [0.5, 0.6) is 5.75 Å². The zero-order valence-electron chi connectivity index (χ0n) is 16.4. The second-order valence-electron chi connectivity index (χ2n) is 6.68. The van der Waals surface area contributed by atoms with Crippen molar-refractivity contribution < 1.29 is 14.3 Å². The lowest BCUT2D eigenvalue weighted by Crippen LogP contribution is -2.30. The Hall–Kier alpha value is -2.82. The fourth-order valence-corrected chi connectivity index (χ4v) is 2.98. The van der Waals surface area contributed by atoms with Crippen molar-refractivity contribution >= 4 is 17.5 Å². The lowest BCUT2D eigenvalue weighted by atomic mass is 9.96. The van der Waals surface area contributed by atoms with Crippen LogP contribution >= 0.6 is 0 Å². The highest BCUT2D eigenvalue weighted by atomic mass is 16.5. The summed E-state index contributed by atoms with van der Waals surface area (Å²) in [5.74, 6) is 0.769. The number of hydrogen-bond donors (Lipinski definition) is 2. The Balaban J connectivity index is 2.15. The summed E-state index contributed by atoms with van der Waals surface area (Å²) in [4.78, 5) is 24.3. The summed E-state index contributed by atoms with van der Waals surface area (Å²) in [5, 5.41) is 5.87. The van der Waals surface area contributed by atoms with Gasteiger partial charge in [-0.1, -0.05) is 44.2 Å². The molecule has 0 radical (unpaired) electrons. The largest absolute Gasteiger partial charge is 0.497 e. The van der Waals surface area contributed by atoms with Gasteiger partial charge in [0.25, 0.3) is 0 Å². The summed E-state index contributed by atoms with van der Waals surface area (Å²) in [6.45, 7) is 5.72. The van der Waals surface area contributed by atoms with Gasteiger partial charge in [-0.05, 0) is 41.7 Å². The molecule has 0 fully saturated rings. The van der Waals surface area contributed by atoms with Gasteiger partial charge in [-0.25, -0.2) is 0 Å². The molecular weight excluding hydrogens is 340 g/mol. The predicted molar refractivity (Wildman–Crippen MR) is 108 cm³/mol. The molecule has 0 heterocycles. The van der Waals surface area contributed by atoms with Crippen molar-refractivity contribution in [2.75, 3.05) is 12.4 Å². The number of methoxy groups -OCH3 is 1. The Labute approximate surface area is 161 Å². The molecule has 144 valence electrons. The molecule has 0 aromatic heterocycles. The van der Waals surface area contributed by atoms with E-state index in [9.17, 15) is 9.59 Å². The average Bonchev–Trinajstić information content (AvgIpc) is 2.67. The zero-order valence-corrected chi connectivity index (χ0v) is 16.4. The highest BCUT2D eigenvalue weighted by Crippen LogP contribution is 2.27. The minimum atomic E-state index is -0.399. The molecule has 2 N–H and O–H groups in total. The summed E-state index contributed by atoms with van der Waals surface area (Å²) in [6, 6.07) is 14.8. The normalized spacial score (nSPS) is 12.7. The Morgan fingerprint density at radius 2 is 1.74 bits per heavy atom. The molecular formula is C22H28N2O3. The first-order valence-electron chi connectivity index (χ1n) is 9.24. The summed E-state index contributed by atoms with van der Waals surface area (Å²) in [6.07, 6.45) is 1.15. The molecule has 0 bridgehead atoms. The topological polar surface area (TPSA) is 67.4 Å². The van der Waals surface area contributed by atoms with E-state index in [1.807, 2.05) is 48.5 Å². The van der Waals surface area contributed by atoms with Crippen molar-refractivity contribution in [1.82, 2.24) is 5.32 Å². The maximum atomic E-state index is 12.7. The Bertz CT molecular complexity index is 771. The van der Waals surface area contributed by atoms with E-state index < -0.39 is 6.04 Å². The number of rotatable bonds is 8.